The van der Waals surface area contributed by atoms with Crippen LogP contribution in [-0.4, -0.2) is 15.2 Å². The van der Waals surface area contributed by atoms with E-state index in [1.54, 1.807) is 0 Å². The summed E-state index contributed by atoms with van der Waals surface area (Å²) in [6.07, 6.45) is 3.70. The van der Waals surface area contributed by atoms with E-state index >= 15 is 0 Å². The number of hydrogen-bond donors (Lipinski definition) is 2. The third-order valence-electron chi connectivity index (χ3n) is 1.29. The number of nitrogen functional groups attached to an aromatic ring is 1. The van der Waals surface area contributed by atoms with Crippen molar-refractivity contribution in [2.75, 3.05) is 5.73 Å². The fourth-order valence-electron chi connectivity index (χ4n) is 0.808. The van der Waals surface area contributed by atoms with E-state index in [2.05, 4.69) is 15.2 Å². The number of nitrogens with one attached hydrogen (secondary N) is 1. The van der Waals surface area contributed by atoms with Crippen molar-refractivity contribution in [3.63, 3.8) is 0 Å². The van der Waals surface area contributed by atoms with Gasteiger partial charge in [-0.05, 0) is 6.07 Å². The summed E-state index contributed by atoms with van der Waals surface area (Å²) >= 11 is 1.38. The van der Waals surface area contributed by atoms with Crippen molar-refractivity contribution in [2.45, 2.75) is 0 Å². The Kier molecular flexibility index (Phi) is 1.36. The van der Waals surface area contributed by atoms with Crippen LogP contribution in [0.5, 0.6) is 0 Å². The number of rotatable bonds is 1. The quantitative estimate of drug-likeness (QED) is 0.667. The zero-order chi connectivity index (χ0) is 7.68. The summed E-state index contributed by atoms with van der Waals surface area (Å²) in [7, 11) is 0. The van der Waals surface area contributed by atoms with Gasteiger partial charge in [-0.15, -0.1) is 10.2 Å². The third kappa shape index (κ3) is 1.10. The second-order valence-electron chi connectivity index (χ2n) is 2.05. The standard InChI is InChI=1S/C6H6N4S/c7-6-10-9-5(11-6)4-1-2-8-3-4/h1-3,8H,(H2,7,10). The van der Waals surface area contributed by atoms with Crippen molar-refractivity contribution in [3.8, 4) is 10.6 Å². The minimum atomic E-state index is 0.501. The van der Waals surface area contributed by atoms with Crippen LogP contribution in [0.3, 0.4) is 0 Å². The van der Waals surface area contributed by atoms with Gasteiger partial charge >= 0.3 is 0 Å². The van der Waals surface area contributed by atoms with E-state index < -0.39 is 0 Å². The van der Waals surface area contributed by atoms with Gasteiger partial charge in [0, 0.05) is 18.0 Å². The lowest BCUT2D eigenvalue weighted by atomic mass is 10.4. The molecule has 2 aromatic rings. The summed E-state index contributed by atoms with van der Waals surface area (Å²) in [5.74, 6) is 0. The first-order chi connectivity index (χ1) is 5.36. The van der Waals surface area contributed by atoms with Gasteiger partial charge in [0.15, 0.2) is 5.01 Å². The molecule has 0 atom stereocenters. The molecule has 56 valence electrons. The number of nitrogens with zero attached hydrogens (tertiary/aromatic N) is 2. The summed E-state index contributed by atoms with van der Waals surface area (Å²) in [6, 6.07) is 1.93. The van der Waals surface area contributed by atoms with Crippen molar-refractivity contribution in [1.82, 2.24) is 15.2 Å². The Balaban J connectivity index is 2.45. The summed E-state index contributed by atoms with van der Waals surface area (Å²) < 4.78 is 0. The van der Waals surface area contributed by atoms with Crippen molar-refractivity contribution in [2.24, 2.45) is 0 Å². The maximum absolute atomic E-state index is 5.42. The van der Waals surface area contributed by atoms with E-state index in [0.717, 1.165) is 10.6 Å². The summed E-state index contributed by atoms with van der Waals surface area (Å²) in [6.45, 7) is 0. The maximum atomic E-state index is 5.42. The van der Waals surface area contributed by atoms with Crippen molar-refractivity contribution in [3.05, 3.63) is 18.5 Å². The molecule has 0 spiro atoms. The highest BCUT2D eigenvalue weighted by Crippen LogP contribution is 2.23. The van der Waals surface area contributed by atoms with Gasteiger partial charge in [0.05, 0.1) is 0 Å². The monoisotopic (exact) mass is 166 g/mol. The van der Waals surface area contributed by atoms with Crippen LogP contribution < -0.4 is 5.73 Å². The van der Waals surface area contributed by atoms with E-state index in [0.29, 0.717) is 5.13 Å². The third-order valence-corrected chi connectivity index (χ3v) is 2.09. The normalized spacial score (nSPS) is 10.2. The number of aromatic amines is 1. The number of aromatic nitrogens is 3. The van der Waals surface area contributed by atoms with Crippen molar-refractivity contribution < 1.29 is 0 Å². The predicted octanol–water partition coefficient (Wildman–Crippen LogP) is 1.12. The topological polar surface area (TPSA) is 67.6 Å². The summed E-state index contributed by atoms with van der Waals surface area (Å²) in [5.41, 5.74) is 6.45. The Bertz CT molecular complexity index is 337. The molecule has 2 rings (SSSR count). The lowest BCUT2D eigenvalue weighted by Gasteiger charge is -1.82. The first-order valence-electron chi connectivity index (χ1n) is 3.08. The van der Waals surface area contributed by atoms with Gasteiger partial charge < -0.3 is 10.7 Å². The van der Waals surface area contributed by atoms with Crippen LogP contribution in [0.1, 0.15) is 0 Å². The predicted molar refractivity (Wildman–Crippen MR) is 44.1 cm³/mol. The van der Waals surface area contributed by atoms with Gasteiger partial charge in [0.1, 0.15) is 0 Å². The molecule has 0 aromatic carbocycles. The van der Waals surface area contributed by atoms with Gasteiger partial charge in [-0.3, -0.25) is 0 Å². The van der Waals surface area contributed by atoms with Crippen molar-refractivity contribution in [1.29, 1.82) is 0 Å². The molecule has 0 saturated heterocycles. The van der Waals surface area contributed by atoms with Crippen LogP contribution in [0.15, 0.2) is 18.5 Å². The highest BCUT2D eigenvalue weighted by Gasteiger charge is 2.02. The largest absolute Gasteiger partial charge is 0.374 e. The number of anilines is 1. The molecule has 2 heterocycles. The molecule has 0 aliphatic rings. The lowest BCUT2D eigenvalue weighted by Crippen LogP contribution is -1.79. The minimum absolute atomic E-state index is 0.501. The lowest BCUT2D eigenvalue weighted by molar-refractivity contribution is 1.10. The first-order valence-corrected chi connectivity index (χ1v) is 3.90. The maximum Gasteiger partial charge on any atom is 0.203 e. The molecule has 0 bridgehead atoms. The van der Waals surface area contributed by atoms with Crippen molar-refractivity contribution >= 4 is 16.5 Å². The molecule has 0 aliphatic heterocycles. The van der Waals surface area contributed by atoms with Gasteiger partial charge in [-0.2, -0.15) is 0 Å². The molecule has 3 N–H and O–H groups in total. The van der Waals surface area contributed by atoms with Gasteiger partial charge in [0.2, 0.25) is 5.13 Å². The summed E-state index contributed by atoms with van der Waals surface area (Å²) in [4.78, 5) is 2.94. The number of nitrogens with two attached hydrogens (primary N) is 1. The van der Waals surface area contributed by atoms with E-state index in [4.69, 9.17) is 5.73 Å². The second-order valence-corrected chi connectivity index (χ2v) is 3.05. The minimum Gasteiger partial charge on any atom is -0.374 e. The van der Waals surface area contributed by atoms with Crippen LogP contribution >= 0.6 is 11.3 Å². The zero-order valence-electron chi connectivity index (χ0n) is 5.61. The molecule has 0 amide bonds. The molecule has 4 nitrogen and oxygen atoms in total. The molecule has 0 aliphatic carbocycles. The molecule has 0 unspecified atom stereocenters. The molecule has 0 saturated carbocycles. The number of hydrogen-bond acceptors (Lipinski definition) is 4. The van der Waals surface area contributed by atoms with Gasteiger partial charge in [-0.25, -0.2) is 0 Å². The Morgan fingerprint density at radius 1 is 1.45 bits per heavy atom. The molecule has 0 radical (unpaired) electrons. The Labute approximate surface area is 67.1 Å². The average Bonchev–Trinajstić information content (AvgIpc) is 2.55. The van der Waals surface area contributed by atoms with Crippen LogP contribution in [0.2, 0.25) is 0 Å². The number of H-pyrrole nitrogens is 1. The molecular weight excluding hydrogens is 160 g/mol. The molecule has 11 heavy (non-hydrogen) atoms. The molecule has 5 heteroatoms. The van der Waals surface area contributed by atoms with Crippen LogP contribution in [0.25, 0.3) is 10.6 Å². The van der Waals surface area contributed by atoms with E-state index in [-0.39, 0.29) is 0 Å². The SMILES string of the molecule is Nc1nnc(-c2cc[nH]c2)s1. The first kappa shape index (κ1) is 6.36. The van der Waals surface area contributed by atoms with Gasteiger partial charge in [-0.1, -0.05) is 11.3 Å². The van der Waals surface area contributed by atoms with E-state index in [1.165, 1.54) is 11.3 Å². The Morgan fingerprint density at radius 2 is 2.36 bits per heavy atom. The second kappa shape index (κ2) is 2.35. The van der Waals surface area contributed by atoms with Gasteiger partial charge in [0.25, 0.3) is 0 Å². The van der Waals surface area contributed by atoms with E-state index in [1.807, 2.05) is 18.5 Å². The fourth-order valence-corrected chi connectivity index (χ4v) is 1.41. The Hall–Kier alpha value is -1.36. The fraction of sp³-hybridized carbons (Fsp3) is 0. The Morgan fingerprint density at radius 3 is 2.91 bits per heavy atom. The zero-order valence-corrected chi connectivity index (χ0v) is 6.43. The molecular formula is C6H6N4S. The average molecular weight is 166 g/mol. The molecule has 2 aromatic heterocycles. The molecule has 0 fully saturated rings. The van der Waals surface area contributed by atoms with E-state index in [9.17, 15) is 0 Å². The summed E-state index contributed by atoms with van der Waals surface area (Å²) in [5, 5.41) is 8.94. The van der Waals surface area contributed by atoms with Crippen LogP contribution in [-0.2, 0) is 0 Å². The van der Waals surface area contributed by atoms with Crippen LogP contribution in [0, 0.1) is 0 Å². The van der Waals surface area contributed by atoms with Crippen LogP contribution in [0.4, 0.5) is 5.13 Å². The smallest absolute Gasteiger partial charge is 0.203 e. The highest BCUT2D eigenvalue weighted by molar-refractivity contribution is 7.18. The highest BCUT2D eigenvalue weighted by atomic mass is 32.1.